The molecular weight excluding hydrogens is 286 g/mol. The summed E-state index contributed by atoms with van der Waals surface area (Å²) in [6, 6.07) is 10.5. The van der Waals surface area contributed by atoms with Gasteiger partial charge >= 0.3 is 0 Å². The zero-order valence-electron chi connectivity index (χ0n) is 11.9. The van der Waals surface area contributed by atoms with Crippen LogP contribution in [-0.2, 0) is 0 Å². The molecule has 2 heterocycles. The van der Waals surface area contributed by atoms with Crippen LogP contribution in [0, 0.1) is 0 Å². The second kappa shape index (κ2) is 6.47. The van der Waals surface area contributed by atoms with E-state index in [0.717, 1.165) is 17.1 Å². The molecule has 1 aromatic carbocycles. The monoisotopic (exact) mass is 305 g/mol. The summed E-state index contributed by atoms with van der Waals surface area (Å²) in [4.78, 5) is 1.25. The Morgan fingerprint density at radius 2 is 2.14 bits per heavy atom. The van der Waals surface area contributed by atoms with E-state index in [-0.39, 0.29) is 18.7 Å². The topological polar surface area (TPSA) is 50.7 Å². The molecule has 21 heavy (non-hydrogen) atoms. The van der Waals surface area contributed by atoms with Crippen LogP contribution in [0.25, 0.3) is 0 Å². The average molecular weight is 305 g/mol. The summed E-state index contributed by atoms with van der Waals surface area (Å²) in [6.45, 7) is 2.59. The van der Waals surface area contributed by atoms with Gasteiger partial charge in [-0.3, -0.25) is 0 Å². The van der Waals surface area contributed by atoms with Gasteiger partial charge in [-0.05, 0) is 42.5 Å². The molecular formula is C16H19NO3S. The molecule has 0 saturated carbocycles. The summed E-state index contributed by atoms with van der Waals surface area (Å²) in [5, 5.41) is 14.9. The normalized spacial score (nSPS) is 15.9. The molecule has 0 spiro atoms. The maximum Gasteiger partial charge on any atom is 0.231 e. The fraction of sp³-hybridized carbons (Fsp3) is 0.375. The Morgan fingerprint density at radius 3 is 2.90 bits per heavy atom. The van der Waals surface area contributed by atoms with Gasteiger partial charge in [0.15, 0.2) is 11.5 Å². The number of thiophene rings is 1. The molecule has 0 amide bonds. The molecule has 2 N–H and O–H groups in total. The number of benzene rings is 1. The largest absolute Gasteiger partial charge is 0.454 e. The summed E-state index contributed by atoms with van der Waals surface area (Å²) >= 11 is 1.71. The maximum absolute atomic E-state index is 9.27. The summed E-state index contributed by atoms with van der Waals surface area (Å²) in [7, 11) is 0. The van der Waals surface area contributed by atoms with Crippen molar-refractivity contribution in [3.05, 3.63) is 46.2 Å². The van der Waals surface area contributed by atoms with Crippen molar-refractivity contribution >= 4 is 11.3 Å². The Kier molecular flexibility index (Phi) is 4.43. The van der Waals surface area contributed by atoms with E-state index in [4.69, 9.17) is 9.47 Å². The number of hydrogen-bond donors (Lipinski definition) is 2. The molecule has 0 fully saturated rings. The van der Waals surface area contributed by atoms with Gasteiger partial charge in [-0.15, -0.1) is 11.3 Å². The van der Waals surface area contributed by atoms with Gasteiger partial charge in [-0.25, -0.2) is 0 Å². The molecule has 1 aliphatic rings. The minimum Gasteiger partial charge on any atom is -0.454 e. The first-order valence-electron chi connectivity index (χ1n) is 7.08. The molecule has 2 atom stereocenters. The summed E-state index contributed by atoms with van der Waals surface area (Å²) in [6.07, 6.45) is 0.704. The van der Waals surface area contributed by atoms with Gasteiger partial charge in [-0.2, -0.15) is 0 Å². The quantitative estimate of drug-likeness (QED) is 0.860. The number of rotatable bonds is 6. The molecule has 0 saturated heterocycles. The summed E-state index contributed by atoms with van der Waals surface area (Å²) in [5.74, 6) is 1.60. The van der Waals surface area contributed by atoms with Crippen LogP contribution >= 0.6 is 11.3 Å². The molecule has 0 radical (unpaired) electrons. The van der Waals surface area contributed by atoms with E-state index in [0.29, 0.717) is 13.2 Å². The van der Waals surface area contributed by atoms with Gasteiger partial charge in [0.05, 0.1) is 0 Å². The van der Waals surface area contributed by atoms with Gasteiger partial charge in [0.2, 0.25) is 6.79 Å². The highest BCUT2D eigenvalue weighted by atomic mass is 32.1. The van der Waals surface area contributed by atoms with Crippen LogP contribution in [0.3, 0.4) is 0 Å². The lowest BCUT2D eigenvalue weighted by molar-refractivity contribution is 0.174. The second-order valence-electron chi connectivity index (χ2n) is 5.08. The number of ether oxygens (including phenoxy) is 2. The lowest BCUT2D eigenvalue weighted by Crippen LogP contribution is -2.25. The van der Waals surface area contributed by atoms with Crippen LogP contribution in [-0.4, -0.2) is 18.5 Å². The fourth-order valence-corrected chi connectivity index (χ4v) is 3.33. The van der Waals surface area contributed by atoms with Crippen molar-refractivity contribution in [2.24, 2.45) is 0 Å². The highest BCUT2D eigenvalue weighted by Crippen LogP contribution is 2.35. The zero-order valence-corrected chi connectivity index (χ0v) is 12.7. The number of fused-ring (bicyclic) bond motifs is 1. The highest BCUT2D eigenvalue weighted by Gasteiger charge is 2.19. The Hall–Kier alpha value is -1.56. The van der Waals surface area contributed by atoms with E-state index >= 15 is 0 Å². The van der Waals surface area contributed by atoms with Crippen molar-refractivity contribution in [1.29, 1.82) is 0 Å². The summed E-state index contributed by atoms with van der Waals surface area (Å²) < 4.78 is 10.8. The second-order valence-corrected chi connectivity index (χ2v) is 6.06. The van der Waals surface area contributed by atoms with Crippen molar-refractivity contribution in [3.63, 3.8) is 0 Å². The SMILES string of the molecule is C[C@@H](N[C@H](CCO)c1cccs1)c1ccc2c(c1)OCO2. The fourth-order valence-electron chi connectivity index (χ4n) is 2.51. The molecule has 5 heteroatoms. The van der Waals surface area contributed by atoms with Crippen LogP contribution in [0.4, 0.5) is 0 Å². The number of nitrogens with one attached hydrogen (secondary N) is 1. The molecule has 1 aliphatic heterocycles. The summed E-state index contributed by atoms with van der Waals surface area (Å²) in [5.41, 5.74) is 1.15. The molecule has 0 unspecified atom stereocenters. The number of aliphatic hydroxyl groups is 1. The van der Waals surface area contributed by atoms with Crippen molar-refractivity contribution in [2.45, 2.75) is 25.4 Å². The van der Waals surface area contributed by atoms with Crippen LogP contribution in [0.1, 0.15) is 35.9 Å². The molecule has 3 rings (SSSR count). The highest BCUT2D eigenvalue weighted by molar-refractivity contribution is 7.10. The molecule has 112 valence electrons. The number of hydrogen-bond acceptors (Lipinski definition) is 5. The molecule has 0 aliphatic carbocycles. The van der Waals surface area contributed by atoms with Gasteiger partial charge in [0.25, 0.3) is 0 Å². The Balaban J connectivity index is 1.73. The van der Waals surface area contributed by atoms with Crippen molar-refractivity contribution in [1.82, 2.24) is 5.32 Å². The van der Waals surface area contributed by atoms with E-state index in [1.807, 2.05) is 18.2 Å². The minimum atomic E-state index is 0.162. The van der Waals surface area contributed by atoms with E-state index in [1.54, 1.807) is 11.3 Å². The van der Waals surface area contributed by atoms with Crippen molar-refractivity contribution in [2.75, 3.05) is 13.4 Å². The Labute approximate surface area is 128 Å². The van der Waals surface area contributed by atoms with Crippen molar-refractivity contribution < 1.29 is 14.6 Å². The predicted molar refractivity (Wildman–Crippen MR) is 82.9 cm³/mol. The maximum atomic E-state index is 9.27. The first-order valence-corrected chi connectivity index (χ1v) is 7.95. The van der Waals surface area contributed by atoms with E-state index < -0.39 is 0 Å². The Bertz CT molecular complexity index is 585. The average Bonchev–Trinajstić information content (AvgIpc) is 3.17. The first kappa shape index (κ1) is 14.4. The van der Waals surface area contributed by atoms with Gasteiger partial charge in [0, 0.05) is 23.6 Å². The van der Waals surface area contributed by atoms with Crippen LogP contribution in [0.5, 0.6) is 11.5 Å². The van der Waals surface area contributed by atoms with Crippen LogP contribution in [0.2, 0.25) is 0 Å². The van der Waals surface area contributed by atoms with Crippen molar-refractivity contribution in [3.8, 4) is 11.5 Å². The van der Waals surface area contributed by atoms with Gasteiger partial charge in [0.1, 0.15) is 0 Å². The van der Waals surface area contributed by atoms with E-state index in [9.17, 15) is 5.11 Å². The lowest BCUT2D eigenvalue weighted by Gasteiger charge is -2.22. The van der Waals surface area contributed by atoms with Crippen LogP contribution in [0.15, 0.2) is 35.7 Å². The third-order valence-electron chi connectivity index (χ3n) is 3.65. The molecule has 4 nitrogen and oxygen atoms in total. The van der Waals surface area contributed by atoms with Crippen LogP contribution < -0.4 is 14.8 Å². The van der Waals surface area contributed by atoms with E-state index in [2.05, 4.69) is 29.8 Å². The molecule has 0 bridgehead atoms. The smallest absolute Gasteiger partial charge is 0.231 e. The standard InChI is InChI=1S/C16H19NO3S/c1-11(12-4-5-14-15(9-12)20-10-19-14)17-13(6-7-18)16-3-2-8-21-16/h2-5,8-9,11,13,17-18H,6-7,10H2,1H3/t11-,13-/m1/s1. The minimum absolute atomic E-state index is 0.162. The zero-order chi connectivity index (χ0) is 14.7. The Morgan fingerprint density at radius 1 is 1.29 bits per heavy atom. The molecule has 1 aromatic heterocycles. The predicted octanol–water partition coefficient (Wildman–Crippen LogP) is 3.25. The molecule has 2 aromatic rings. The van der Waals surface area contributed by atoms with Gasteiger partial charge in [-0.1, -0.05) is 12.1 Å². The first-order chi connectivity index (χ1) is 10.3. The number of aliphatic hydroxyl groups excluding tert-OH is 1. The lowest BCUT2D eigenvalue weighted by atomic mass is 10.0. The third-order valence-corrected chi connectivity index (χ3v) is 4.64. The third kappa shape index (κ3) is 3.20. The van der Waals surface area contributed by atoms with Gasteiger partial charge < -0.3 is 19.9 Å². The van der Waals surface area contributed by atoms with E-state index in [1.165, 1.54) is 4.88 Å².